The van der Waals surface area contributed by atoms with Gasteiger partial charge in [-0.25, -0.2) is 4.39 Å². The molecular weight excluding hydrogens is 203 g/mol. The number of rotatable bonds is 0. The molecule has 1 fully saturated rings. The highest BCUT2D eigenvalue weighted by molar-refractivity contribution is 5.74. The van der Waals surface area contributed by atoms with E-state index in [9.17, 15) is 4.39 Å². The van der Waals surface area contributed by atoms with E-state index in [1.54, 1.807) is 6.07 Å². The molecule has 1 spiro atoms. The molecule has 1 aromatic rings. The Balaban J connectivity index is 2.02. The van der Waals surface area contributed by atoms with E-state index >= 15 is 0 Å². The van der Waals surface area contributed by atoms with Crippen LogP contribution in [0.3, 0.4) is 0 Å². The highest BCUT2D eigenvalue weighted by atomic mass is 19.1. The lowest BCUT2D eigenvalue weighted by atomic mass is 9.93. The monoisotopic (exact) mass is 220 g/mol. The van der Waals surface area contributed by atoms with Crippen LogP contribution >= 0.6 is 0 Å². The highest BCUT2D eigenvalue weighted by Gasteiger charge is 2.39. The Morgan fingerprint density at radius 2 is 2.06 bits per heavy atom. The van der Waals surface area contributed by atoms with Crippen LogP contribution in [0.5, 0.6) is 0 Å². The molecule has 2 aliphatic rings. The van der Waals surface area contributed by atoms with Crippen molar-refractivity contribution in [2.45, 2.75) is 31.2 Å². The molecule has 1 aliphatic carbocycles. The molecule has 0 aromatic heterocycles. The summed E-state index contributed by atoms with van der Waals surface area (Å²) < 4.78 is 13.7. The fourth-order valence-electron chi connectivity index (χ4n) is 3.20. The topological polar surface area (TPSA) is 15.3 Å². The second-order valence-electron chi connectivity index (χ2n) is 5.10. The lowest BCUT2D eigenvalue weighted by Gasteiger charge is -2.42. The van der Waals surface area contributed by atoms with E-state index in [2.05, 4.69) is 10.2 Å². The molecule has 1 aliphatic heterocycles. The zero-order chi connectivity index (χ0) is 11.2. The van der Waals surface area contributed by atoms with Crippen molar-refractivity contribution in [1.82, 2.24) is 0 Å². The van der Waals surface area contributed by atoms with Crippen molar-refractivity contribution in [3.8, 4) is 0 Å². The maximum Gasteiger partial charge on any atom is 0.148 e. The third-order valence-electron chi connectivity index (χ3n) is 3.87. The number of fused-ring (bicyclic) bond motifs is 1. The summed E-state index contributed by atoms with van der Waals surface area (Å²) >= 11 is 0. The van der Waals surface area contributed by atoms with Crippen LogP contribution in [0.1, 0.15) is 25.7 Å². The molecule has 1 saturated carbocycles. The Hall–Kier alpha value is -1.25. The third-order valence-corrected chi connectivity index (χ3v) is 3.87. The molecule has 3 heteroatoms. The van der Waals surface area contributed by atoms with Crippen molar-refractivity contribution < 1.29 is 4.39 Å². The Morgan fingerprint density at radius 3 is 2.81 bits per heavy atom. The van der Waals surface area contributed by atoms with Crippen molar-refractivity contribution in [3.63, 3.8) is 0 Å². The number of hydrogen-bond donors (Lipinski definition) is 1. The minimum absolute atomic E-state index is 0.125. The number of para-hydroxylation sites is 1. The predicted molar refractivity (Wildman–Crippen MR) is 64.5 cm³/mol. The molecule has 0 bridgehead atoms. The number of nitrogens with zero attached hydrogens (tertiary/aromatic N) is 1. The Labute approximate surface area is 95.4 Å². The van der Waals surface area contributed by atoms with Gasteiger partial charge in [0.15, 0.2) is 0 Å². The van der Waals surface area contributed by atoms with Gasteiger partial charge in [-0.3, -0.25) is 0 Å². The van der Waals surface area contributed by atoms with Gasteiger partial charge >= 0.3 is 0 Å². The fraction of sp³-hybridized carbons (Fsp3) is 0.538. The van der Waals surface area contributed by atoms with Gasteiger partial charge in [0.1, 0.15) is 5.82 Å². The van der Waals surface area contributed by atoms with E-state index in [1.165, 1.54) is 31.7 Å². The zero-order valence-corrected chi connectivity index (χ0v) is 9.59. The van der Waals surface area contributed by atoms with Gasteiger partial charge in [0.2, 0.25) is 0 Å². The Bertz CT molecular complexity index is 410. The summed E-state index contributed by atoms with van der Waals surface area (Å²) in [7, 11) is 1.99. The van der Waals surface area contributed by atoms with E-state index in [1.807, 2.05) is 13.1 Å². The van der Waals surface area contributed by atoms with Crippen molar-refractivity contribution in [2.24, 2.45) is 0 Å². The molecule has 86 valence electrons. The number of anilines is 2. The second kappa shape index (κ2) is 3.37. The standard InChI is InChI=1S/C13H17FN2/c1-16-9-13(7-2-3-8-13)15-11-6-4-5-10(14)12(11)16/h4-6,15H,2-3,7-9H2,1H3. The average molecular weight is 220 g/mol. The van der Waals surface area contributed by atoms with Crippen molar-refractivity contribution in [1.29, 1.82) is 0 Å². The molecular formula is C13H17FN2. The SMILES string of the molecule is CN1CC2(CCCC2)Nc2cccc(F)c21. The van der Waals surface area contributed by atoms with Crippen molar-refractivity contribution in [3.05, 3.63) is 24.0 Å². The molecule has 1 N–H and O–H groups in total. The first kappa shape index (κ1) is 9.94. The van der Waals surface area contributed by atoms with Crippen LogP contribution in [0, 0.1) is 5.82 Å². The Kier molecular flexibility index (Phi) is 2.09. The molecule has 0 amide bonds. The third kappa shape index (κ3) is 1.38. The largest absolute Gasteiger partial charge is 0.376 e. The summed E-state index contributed by atoms with van der Waals surface area (Å²) in [5.41, 5.74) is 1.87. The van der Waals surface area contributed by atoms with Gasteiger partial charge in [-0.1, -0.05) is 18.9 Å². The van der Waals surface area contributed by atoms with E-state index < -0.39 is 0 Å². The van der Waals surface area contributed by atoms with Gasteiger partial charge in [-0.15, -0.1) is 0 Å². The predicted octanol–water partition coefficient (Wildman–Crippen LogP) is 3.00. The van der Waals surface area contributed by atoms with Crippen LogP contribution in [-0.4, -0.2) is 19.1 Å². The quantitative estimate of drug-likeness (QED) is 0.723. The molecule has 3 rings (SSSR count). The first-order chi connectivity index (χ1) is 7.70. The summed E-state index contributed by atoms with van der Waals surface area (Å²) in [5.74, 6) is -0.125. The lowest BCUT2D eigenvalue weighted by molar-refractivity contribution is 0.467. The Morgan fingerprint density at radius 1 is 1.31 bits per heavy atom. The van der Waals surface area contributed by atoms with Crippen LogP contribution in [-0.2, 0) is 0 Å². The summed E-state index contributed by atoms with van der Waals surface area (Å²) in [6.07, 6.45) is 4.97. The summed E-state index contributed by atoms with van der Waals surface area (Å²) in [6, 6.07) is 5.29. The molecule has 0 saturated heterocycles. The summed E-state index contributed by atoms with van der Waals surface area (Å²) in [5, 5.41) is 3.56. The fourth-order valence-corrected chi connectivity index (χ4v) is 3.20. The number of likely N-dealkylation sites (N-methyl/N-ethyl adjacent to an activating group) is 1. The van der Waals surface area contributed by atoms with Gasteiger partial charge in [0.05, 0.1) is 16.9 Å². The van der Waals surface area contributed by atoms with E-state index in [0.717, 1.165) is 17.9 Å². The summed E-state index contributed by atoms with van der Waals surface area (Å²) in [4.78, 5) is 2.06. The van der Waals surface area contributed by atoms with Crippen molar-refractivity contribution in [2.75, 3.05) is 23.8 Å². The van der Waals surface area contributed by atoms with Gasteiger partial charge in [-0.2, -0.15) is 0 Å². The lowest BCUT2D eigenvalue weighted by Crippen LogP contribution is -2.49. The van der Waals surface area contributed by atoms with E-state index in [4.69, 9.17) is 0 Å². The van der Waals surface area contributed by atoms with Gasteiger partial charge in [0.25, 0.3) is 0 Å². The van der Waals surface area contributed by atoms with Crippen LogP contribution < -0.4 is 10.2 Å². The van der Waals surface area contributed by atoms with Gasteiger partial charge < -0.3 is 10.2 Å². The molecule has 0 atom stereocenters. The maximum absolute atomic E-state index is 13.7. The zero-order valence-electron chi connectivity index (χ0n) is 9.59. The smallest absolute Gasteiger partial charge is 0.148 e. The normalized spacial score (nSPS) is 22.0. The first-order valence-corrected chi connectivity index (χ1v) is 5.98. The molecule has 0 radical (unpaired) electrons. The first-order valence-electron chi connectivity index (χ1n) is 5.98. The van der Waals surface area contributed by atoms with Crippen LogP contribution in [0.15, 0.2) is 18.2 Å². The van der Waals surface area contributed by atoms with Gasteiger partial charge in [-0.05, 0) is 25.0 Å². The second-order valence-corrected chi connectivity index (χ2v) is 5.10. The summed E-state index contributed by atoms with van der Waals surface area (Å²) in [6.45, 7) is 0.918. The van der Waals surface area contributed by atoms with Crippen LogP contribution in [0.4, 0.5) is 15.8 Å². The number of nitrogens with one attached hydrogen (secondary N) is 1. The van der Waals surface area contributed by atoms with E-state index in [0.29, 0.717) is 0 Å². The average Bonchev–Trinajstić information content (AvgIpc) is 2.65. The molecule has 2 nitrogen and oxygen atoms in total. The van der Waals surface area contributed by atoms with E-state index in [-0.39, 0.29) is 11.4 Å². The molecule has 0 unspecified atom stereocenters. The highest BCUT2D eigenvalue weighted by Crippen LogP contribution is 2.42. The number of hydrogen-bond acceptors (Lipinski definition) is 2. The van der Waals surface area contributed by atoms with Gasteiger partial charge in [0, 0.05) is 13.6 Å². The molecule has 1 heterocycles. The minimum atomic E-state index is -0.125. The number of benzene rings is 1. The van der Waals surface area contributed by atoms with Crippen LogP contribution in [0.2, 0.25) is 0 Å². The van der Waals surface area contributed by atoms with Crippen molar-refractivity contribution >= 4 is 11.4 Å². The number of halogens is 1. The minimum Gasteiger partial charge on any atom is -0.376 e. The maximum atomic E-state index is 13.7. The molecule has 1 aromatic carbocycles. The molecule has 16 heavy (non-hydrogen) atoms. The van der Waals surface area contributed by atoms with Crippen LogP contribution in [0.25, 0.3) is 0 Å².